The number of carboxylic acids is 1. The summed E-state index contributed by atoms with van der Waals surface area (Å²) in [5, 5.41) is 8.96. The second-order valence-electron chi connectivity index (χ2n) is 3.90. The Bertz CT molecular complexity index is 331. The Hall–Kier alpha value is -1.57. The summed E-state index contributed by atoms with van der Waals surface area (Å²) in [6, 6.07) is 0. The molecule has 102 valence electrons. The average molecular weight is 250 g/mol. The zero-order valence-electron chi connectivity index (χ0n) is 12.1. The van der Waals surface area contributed by atoms with Gasteiger partial charge in [0.15, 0.2) is 0 Å². The van der Waals surface area contributed by atoms with Crippen LogP contribution in [-0.4, -0.2) is 11.1 Å². The SMILES string of the molecule is C=C.C=C1CCC(C(=O)O)/C1=C/C=C(C)C.CC. The number of hydrogen-bond acceptors (Lipinski definition) is 1. The Morgan fingerprint density at radius 1 is 1.33 bits per heavy atom. The van der Waals surface area contributed by atoms with Gasteiger partial charge in [0, 0.05) is 0 Å². The highest BCUT2D eigenvalue weighted by Gasteiger charge is 2.29. The van der Waals surface area contributed by atoms with Crippen LogP contribution in [0.25, 0.3) is 0 Å². The lowest BCUT2D eigenvalue weighted by Crippen LogP contribution is -2.11. The maximum absolute atomic E-state index is 10.9. The lowest BCUT2D eigenvalue weighted by Gasteiger charge is -2.05. The molecule has 0 bridgehead atoms. The first-order chi connectivity index (χ1) is 8.52. The van der Waals surface area contributed by atoms with Gasteiger partial charge in [0.2, 0.25) is 0 Å². The van der Waals surface area contributed by atoms with Gasteiger partial charge in [-0.05, 0) is 32.3 Å². The number of allylic oxidation sites excluding steroid dienone is 4. The Morgan fingerprint density at radius 3 is 2.22 bits per heavy atom. The van der Waals surface area contributed by atoms with E-state index >= 15 is 0 Å². The van der Waals surface area contributed by atoms with E-state index in [1.165, 1.54) is 5.57 Å². The Morgan fingerprint density at radius 2 is 1.83 bits per heavy atom. The molecule has 1 N–H and O–H groups in total. The van der Waals surface area contributed by atoms with Gasteiger partial charge in [-0.25, -0.2) is 0 Å². The van der Waals surface area contributed by atoms with Crippen molar-refractivity contribution in [2.24, 2.45) is 5.92 Å². The van der Waals surface area contributed by atoms with Crippen molar-refractivity contribution in [2.75, 3.05) is 0 Å². The minimum atomic E-state index is -0.739. The fourth-order valence-electron chi connectivity index (χ4n) is 1.61. The van der Waals surface area contributed by atoms with Crippen LogP contribution in [0.3, 0.4) is 0 Å². The van der Waals surface area contributed by atoms with E-state index in [1.54, 1.807) is 0 Å². The second kappa shape index (κ2) is 10.6. The molecule has 1 unspecified atom stereocenters. The Kier molecular flexibility index (Phi) is 11.0. The summed E-state index contributed by atoms with van der Waals surface area (Å²) in [6.07, 6.45) is 5.33. The van der Waals surface area contributed by atoms with Crippen LogP contribution in [0.2, 0.25) is 0 Å². The molecule has 2 heteroatoms. The molecule has 1 aliphatic rings. The fraction of sp³-hybridized carbons (Fsp3) is 0.438. The largest absolute Gasteiger partial charge is 0.481 e. The van der Waals surface area contributed by atoms with E-state index in [1.807, 2.05) is 39.8 Å². The molecule has 1 rings (SSSR count). The van der Waals surface area contributed by atoms with Gasteiger partial charge in [-0.2, -0.15) is 0 Å². The summed E-state index contributed by atoms with van der Waals surface area (Å²) in [4.78, 5) is 10.9. The summed E-state index contributed by atoms with van der Waals surface area (Å²) in [6.45, 7) is 17.9. The summed E-state index contributed by atoms with van der Waals surface area (Å²) in [5.74, 6) is -1.09. The van der Waals surface area contributed by atoms with Crippen molar-refractivity contribution in [2.45, 2.75) is 40.5 Å². The number of rotatable bonds is 2. The van der Waals surface area contributed by atoms with Crippen LogP contribution in [0, 0.1) is 5.92 Å². The molecule has 0 radical (unpaired) electrons. The van der Waals surface area contributed by atoms with Gasteiger partial charge in [-0.1, -0.05) is 43.7 Å². The van der Waals surface area contributed by atoms with Crippen LogP contribution in [0.5, 0.6) is 0 Å². The molecule has 0 amide bonds. The molecule has 18 heavy (non-hydrogen) atoms. The zero-order valence-corrected chi connectivity index (χ0v) is 12.1. The van der Waals surface area contributed by atoms with Gasteiger partial charge < -0.3 is 5.11 Å². The molecule has 0 aliphatic heterocycles. The summed E-state index contributed by atoms with van der Waals surface area (Å²) in [7, 11) is 0. The predicted molar refractivity (Wildman–Crippen MR) is 79.6 cm³/mol. The van der Waals surface area contributed by atoms with E-state index in [4.69, 9.17) is 5.11 Å². The van der Waals surface area contributed by atoms with Crippen LogP contribution in [0.1, 0.15) is 40.5 Å². The molecular formula is C16H26O2. The normalized spacial score (nSPS) is 19.2. The third kappa shape index (κ3) is 6.24. The van der Waals surface area contributed by atoms with Crippen molar-refractivity contribution in [1.29, 1.82) is 0 Å². The van der Waals surface area contributed by atoms with Gasteiger partial charge in [-0.3, -0.25) is 4.79 Å². The summed E-state index contributed by atoms with van der Waals surface area (Å²) < 4.78 is 0. The molecule has 1 aliphatic carbocycles. The van der Waals surface area contributed by atoms with Gasteiger partial charge in [0.05, 0.1) is 5.92 Å². The highest BCUT2D eigenvalue weighted by molar-refractivity contribution is 5.76. The molecule has 1 saturated carbocycles. The Labute approximate surface area is 111 Å². The molecule has 0 aromatic rings. The Balaban J connectivity index is 0. The van der Waals surface area contributed by atoms with E-state index in [0.29, 0.717) is 6.42 Å². The highest BCUT2D eigenvalue weighted by atomic mass is 16.4. The van der Waals surface area contributed by atoms with E-state index < -0.39 is 5.97 Å². The lowest BCUT2D eigenvalue weighted by atomic mass is 10.0. The number of hydrogen-bond donors (Lipinski definition) is 1. The standard InChI is InChI=1S/C12H16O2.C2H6.C2H4/c1-8(2)4-6-10-9(3)5-7-11(10)12(13)14;2*1-2/h4,6,11H,3,5,7H2,1-2H3,(H,13,14);1-2H3;1-2H2/b10-6+;;. The monoisotopic (exact) mass is 250 g/mol. The third-order valence-corrected chi connectivity index (χ3v) is 2.41. The number of aliphatic carboxylic acids is 1. The molecule has 0 saturated heterocycles. The van der Waals surface area contributed by atoms with Crippen LogP contribution in [0.15, 0.2) is 48.6 Å². The number of carboxylic acid groups (broad SMARTS) is 1. The molecule has 0 aromatic carbocycles. The molecule has 2 nitrogen and oxygen atoms in total. The topological polar surface area (TPSA) is 37.3 Å². The summed E-state index contributed by atoms with van der Waals surface area (Å²) in [5.41, 5.74) is 3.02. The van der Waals surface area contributed by atoms with E-state index in [0.717, 1.165) is 17.6 Å². The van der Waals surface area contributed by atoms with Crippen molar-refractivity contribution in [3.05, 3.63) is 48.6 Å². The lowest BCUT2D eigenvalue weighted by molar-refractivity contribution is -0.140. The first-order valence-electron chi connectivity index (χ1n) is 6.28. The molecule has 1 fully saturated rings. The van der Waals surface area contributed by atoms with E-state index in [-0.39, 0.29) is 5.92 Å². The van der Waals surface area contributed by atoms with Gasteiger partial charge in [0.25, 0.3) is 0 Å². The first-order valence-corrected chi connectivity index (χ1v) is 6.28. The highest BCUT2D eigenvalue weighted by Crippen LogP contribution is 2.35. The molecule has 1 atom stereocenters. The van der Waals surface area contributed by atoms with Crippen molar-refractivity contribution < 1.29 is 9.90 Å². The van der Waals surface area contributed by atoms with Crippen molar-refractivity contribution >= 4 is 5.97 Å². The maximum atomic E-state index is 10.9. The van der Waals surface area contributed by atoms with E-state index in [9.17, 15) is 4.79 Å². The van der Waals surface area contributed by atoms with Gasteiger partial charge in [0.1, 0.15) is 0 Å². The minimum absolute atomic E-state index is 0.349. The molecule has 0 aromatic heterocycles. The molecule has 0 heterocycles. The van der Waals surface area contributed by atoms with Gasteiger partial charge in [-0.15, -0.1) is 13.2 Å². The first kappa shape index (κ1) is 18.8. The zero-order chi connectivity index (χ0) is 14.7. The van der Waals surface area contributed by atoms with Crippen LogP contribution < -0.4 is 0 Å². The fourth-order valence-corrected chi connectivity index (χ4v) is 1.61. The van der Waals surface area contributed by atoms with Gasteiger partial charge >= 0.3 is 5.97 Å². The van der Waals surface area contributed by atoms with E-state index in [2.05, 4.69) is 19.7 Å². The smallest absolute Gasteiger partial charge is 0.310 e. The molecular weight excluding hydrogens is 224 g/mol. The van der Waals surface area contributed by atoms with Crippen molar-refractivity contribution in [3.8, 4) is 0 Å². The minimum Gasteiger partial charge on any atom is -0.481 e. The van der Waals surface area contributed by atoms with Crippen molar-refractivity contribution in [3.63, 3.8) is 0 Å². The predicted octanol–water partition coefficient (Wildman–Crippen LogP) is 4.76. The maximum Gasteiger partial charge on any atom is 0.310 e. The van der Waals surface area contributed by atoms with Crippen LogP contribution in [0.4, 0.5) is 0 Å². The van der Waals surface area contributed by atoms with Crippen LogP contribution in [-0.2, 0) is 4.79 Å². The van der Waals surface area contributed by atoms with Crippen LogP contribution >= 0.6 is 0 Å². The average Bonchev–Trinajstić information content (AvgIpc) is 2.73. The second-order valence-corrected chi connectivity index (χ2v) is 3.90. The third-order valence-electron chi connectivity index (χ3n) is 2.41. The molecule has 0 spiro atoms. The quantitative estimate of drug-likeness (QED) is 0.717. The van der Waals surface area contributed by atoms with Crippen molar-refractivity contribution in [1.82, 2.24) is 0 Å². The number of carbonyl (C=O) groups is 1. The summed E-state index contributed by atoms with van der Waals surface area (Å²) >= 11 is 0.